The van der Waals surface area contributed by atoms with Crippen molar-refractivity contribution in [1.29, 1.82) is 0 Å². The van der Waals surface area contributed by atoms with Gasteiger partial charge in [-0.25, -0.2) is 13.4 Å². The highest BCUT2D eigenvalue weighted by atomic mass is 35.5. The summed E-state index contributed by atoms with van der Waals surface area (Å²) >= 11 is 5.84. The highest BCUT2D eigenvalue weighted by Gasteiger charge is 2.19. The van der Waals surface area contributed by atoms with Crippen LogP contribution in [-0.2, 0) is 17.1 Å². The van der Waals surface area contributed by atoms with Crippen molar-refractivity contribution in [3.8, 4) is 0 Å². The molecule has 0 atom stereocenters. The fraction of sp³-hybridized carbons (Fsp3) is 0.200. The SMILES string of the molecule is Cc1nn(C)c(C)c1NS(=O)(=O)c1ccc2nc(Cl)ccc2c1. The van der Waals surface area contributed by atoms with Crippen molar-refractivity contribution in [3.63, 3.8) is 0 Å². The van der Waals surface area contributed by atoms with E-state index in [1.165, 1.54) is 6.07 Å². The van der Waals surface area contributed by atoms with E-state index in [9.17, 15) is 8.42 Å². The van der Waals surface area contributed by atoms with Gasteiger partial charge in [0.1, 0.15) is 5.15 Å². The van der Waals surface area contributed by atoms with Crippen LogP contribution in [0, 0.1) is 13.8 Å². The lowest BCUT2D eigenvalue weighted by molar-refractivity contribution is 0.601. The van der Waals surface area contributed by atoms with Gasteiger partial charge in [-0.1, -0.05) is 11.6 Å². The van der Waals surface area contributed by atoms with Crippen LogP contribution in [0.25, 0.3) is 10.9 Å². The molecule has 3 rings (SSSR count). The molecule has 0 fully saturated rings. The van der Waals surface area contributed by atoms with Crippen molar-refractivity contribution in [2.45, 2.75) is 18.7 Å². The number of hydrogen-bond acceptors (Lipinski definition) is 4. The van der Waals surface area contributed by atoms with Crippen LogP contribution < -0.4 is 4.72 Å². The number of nitrogens with one attached hydrogen (secondary N) is 1. The monoisotopic (exact) mass is 350 g/mol. The van der Waals surface area contributed by atoms with Gasteiger partial charge >= 0.3 is 0 Å². The van der Waals surface area contributed by atoms with Crippen LogP contribution in [0.5, 0.6) is 0 Å². The second-order valence-electron chi connectivity index (χ2n) is 5.26. The number of halogens is 1. The molecule has 120 valence electrons. The van der Waals surface area contributed by atoms with Crippen molar-refractivity contribution in [2.24, 2.45) is 7.05 Å². The summed E-state index contributed by atoms with van der Waals surface area (Å²) in [5, 5.41) is 5.29. The quantitative estimate of drug-likeness (QED) is 0.736. The third kappa shape index (κ3) is 2.89. The Kier molecular flexibility index (Phi) is 3.77. The number of anilines is 1. The number of fused-ring (bicyclic) bond motifs is 1. The molecule has 2 aromatic heterocycles. The maximum Gasteiger partial charge on any atom is 0.262 e. The molecule has 8 heteroatoms. The molecule has 23 heavy (non-hydrogen) atoms. The Morgan fingerprint density at radius 3 is 2.57 bits per heavy atom. The number of aryl methyl sites for hydroxylation is 2. The second-order valence-corrected chi connectivity index (χ2v) is 7.33. The summed E-state index contributed by atoms with van der Waals surface area (Å²) in [4.78, 5) is 4.31. The van der Waals surface area contributed by atoms with E-state index < -0.39 is 10.0 Å². The van der Waals surface area contributed by atoms with Crippen molar-refractivity contribution in [2.75, 3.05) is 4.72 Å². The van der Waals surface area contributed by atoms with Gasteiger partial charge in [-0.05, 0) is 44.2 Å². The third-order valence-corrected chi connectivity index (χ3v) is 5.24. The normalized spacial score (nSPS) is 11.8. The standard InChI is InChI=1S/C15H15ClN4O2S/c1-9-15(10(2)20(3)18-9)19-23(21,22)12-5-6-13-11(8-12)4-7-14(16)17-13/h4-8,19H,1-3H3. The maximum atomic E-state index is 12.6. The highest BCUT2D eigenvalue weighted by Crippen LogP contribution is 2.25. The fourth-order valence-electron chi connectivity index (χ4n) is 2.36. The molecule has 0 spiro atoms. The van der Waals surface area contributed by atoms with Gasteiger partial charge in [0.15, 0.2) is 0 Å². The van der Waals surface area contributed by atoms with E-state index in [1.807, 2.05) is 6.92 Å². The Morgan fingerprint density at radius 2 is 1.91 bits per heavy atom. The number of hydrogen-bond donors (Lipinski definition) is 1. The summed E-state index contributed by atoms with van der Waals surface area (Å²) in [6, 6.07) is 8.09. The minimum atomic E-state index is -3.71. The maximum absolute atomic E-state index is 12.6. The van der Waals surface area contributed by atoms with E-state index >= 15 is 0 Å². The van der Waals surface area contributed by atoms with E-state index in [0.717, 1.165) is 5.69 Å². The van der Waals surface area contributed by atoms with Crippen LogP contribution in [0.4, 0.5) is 5.69 Å². The minimum absolute atomic E-state index is 0.164. The van der Waals surface area contributed by atoms with Gasteiger partial charge in [0.25, 0.3) is 10.0 Å². The lowest BCUT2D eigenvalue weighted by Gasteiger charge is -2.09. The first-order valence-electron chi connectivity index (χ1n) is 6.87. The molecule has 0 aliphatic carbocycles. The van der Waals surface area contributed by atoms with Crippen LogP contribution >= 0.6 is 11.6 Å². The highest BCUT2D eigenvalue weighted by molar-refractivity contribution is 7.92. The fourth-order valence-corrected chi connectivity index (χ4v) is 3.73. The van der Waals surface area contributed by atoms with Gasteiger partial charge in [-0.3, -0.25) is 9.40 Å². The molecule has 1 aromatic carbocycles. The van der Waals surface area contributed by atoms with E-state index in [4.69, 9.17) is 11.6 Å². The number of sulfonamides is 1. The van der Waals surface area contributed by atoms with Crippen molar-refractivity contribution in [1.82, 2.24) is 14.8 Å². The lowest BCUT2D eigenvalue weighted by atomic mass is 10.2. The van der Waals surface area contributed by atoms with Gasteiger partial charge in [0, 0.05) is 12.4 Å². The first-order chi connectivity index (χ1) is 10.8. The van der Waals surface area contributed by atoms with Gasteiger partial charge in [0.2, 0.25) is 0 Å². The Hall–Kier alpha value is -2.12. The predicted octanol–water partition coefficient (Wildman–Crippen LogP) is 3.04. The average molecular weight is 351 g/mol. The molecule has 0 aliphatic rings. The molecular weight excluding hydrogens is 336 g/mol. The van der Waals surface area contributed by atoms with Crippen LogP contribution in [0.3, 0.4) is 0 Å². The summed E-state index contributed by atoms with van der Waals surface area (Å²) in [7, 11) is -1.94. The molecule has 0 radical (unpaired) electrons. The summed E-state index contributed by atoms with van der Waals surface area (Å²) in [6.45, 7) is 3.57. The van der Waals surface area contributed by atoms with E-state index in [-0.39, 0.29) is 4.90 Å². The summed E-state index contributed by atoms with van der Waals surface area (Å²) in [5.41, 5.74) is 2.52. The zero-order valence-electron chi connectivity index (χ0n) is 12.8. The second kappa shape index (κ2) is 5.50. The molecule has 0 saturated carbocycles. The van der Waals surface area contributed by atoms with E-state index in [2.05, 4.69) is 14.8 Å². The van der Waals surface area contributed by atoms with Crippen LogP contribution in [0.2, 0.25) is 5.15 Å². The Morgan fingerprint density at radius 1 is 1.17 bits per heavy atom. The molecule has 0 saturated heterocycles. The molecule has 0 unspecified atom stereocenters. The smallest absolute Gasteiger partial charge is 0.262 e. The molecule has 1 N–H and O–H groups in total. The molecule has 3 aromatic rings. The van der Waals surface area contributed by atoms with Gasteiger partial charge in [-0.2, -0.15) is 5.10 Å². The number of rotatable bonds is 3. The van der Waals surface area contributed by atoms with Gasteiger partial charge < -0.3 is 0 Å². The Balaban J connectivity index is 2.04. The minimum Gasteiger partial charge on any atom is -0.276 e. The zero-order valence-corrected chi connectivity index (χ0v) is 14.4. The third-order valence-electron chi connectivity index (χ3n) is 3.68. The largest absolute Gasteiger partial charge is 0.276 e. The van der Waals surface area contributed by atoms with Gasteiger partial charge in [-0.15, -0.1) is 0 Å². The topological polar surface area (TPSA) is 76.9 Å². The number of nitrogens with zero attached hydrogens (tertiary/aromatic N) is 3. The number of pyridine rings is 1. The summed E-state index contributed by atoms with van der Waals surface area (Å²) in [6.07, 6.45) is 0. The van der Waals surface area contributed by atoms with Crippen molar-refractivity contribution >= 4 is 38.2 Å². The number of aromatic nitrogens is 3. The molecule has 6 nitrogen and oxygen atoms in total. The molecule has 2 heterocycles. The average Bonchev–Trinajstić information content (AvgIpc) is 2.73. The van der Waals surface area contributed by atoms with E-state index in [0.29, 0.717) is 27.4 Å². The predicted molar refractivity (Wildman–Crippen MR) is 90.2 cm³/mol. The first-order valence-corrected chi connectivity index (χ1v) is 8.73. The van der Waals surface area contributed by atoms with Crippen LogP contribution in [0.15, 0.2) is 35.2 Å². The lowest BCUT2D eigenvalue weighted by Crippen LogP contribution is -2.14. The van der Waals surface area contributed by atoms with Crippen LogP contribution in [-0.4, -0.2) is 23.2 Å². The van der Waals surface area contributed by atoms with E-state index in [1.54, 1.807) is 42.9 Å². The molecule has 0 amide bonds. The van der Waals surface area contributed by atoms with Gasteiger partial charge in [0.05, 0.1) is 27.5 Å². The number of benzene rings is 1. The van der Waals surface area contributed by atoms with Crippen molar-refractivity contribution < 1.29 is 8.42 Å². The molecular formula is C15H15ClN4O2S. The van der Waals surface area contributed by atoms with Crippen LogP contribution in [0.1, 0.15) is 11.4 Å². The molecule has 0 aliphatic heterocycles. The first kappa shape index (κ1) is 15.8. The summed E-state index contributed by atoms with van der Waals surface area (Å²) in [5.74, 6) is 0. The summed E-state index contributed by atoms with van der Waals surface area (Å²) < 4.78 is 29.5. The zero-order chi connectivity index (χ0) is 16.8. The molecule has 0 bridgehead atoms. The van der Waals surface area contributed by atoms with Crippen molar-refractivity contribution in [3.05, 3.63) is 46.9 Å². The Labute approximate surface area is 139 Å². The Bertz CT molecular complexity index is 1010.